The molecule has 0 saturated carbocycles. The molecule has 1 fully saturated rings. The number of fused-ring (bicyclic) bond motifs is 1. The number of carbonyl (C=O) groups excluding carboxylic acids is 1. The van der Waals surface area contributed by atoms with E-state index in [1.54, 1.807) is 6.92 Å². The molecule has 2 aromatic carbocycles. The predicted octanol–water partition coefficient (Wildman–Crippen LogP) is 1.90. The van der Waals surface area contributed by atoms with Gasteiger partial charge in [0.15, 0.2) is 6.29 Å². The van der Waals surface area contributed by atoms with E-state index < -0.39 is 43.2 Å². The molecular formula is C30H36N4O6. The average Bonchev–Trinajstić information content (AvgIpc) is 3.34. The first-order valence-corrected chi connectivity index (χ1v) is 13.3. The molecule has 1 aromatic heterocycles. The largest absolute Gasteiger partial charge is 0.394 e. The number of rotatable bonds is 8. The molecule has 0 spiro atoms. The summed E-state index contributed by atoms with van der Waals surface area (Å²) in [4.78, 5) is 15.3. The third-order valence-electron chi connectivity index (χ3n) is 7.67. The van der Waals surface area contributed by atoms with Gasteiger partial charge in [0.25, 0.3) is 5.91 Å². The summed E-state index contributed by atoms with van der Waals surface area (Å²) in [5.41, 5.74) is 3.87. The summed E-state index contributed by atoms with van der Waals surface area (Å²) in [5, 5.41) is 54.4. The number of ether oxygens (including phenoxy) is 1. The van der Waals surface area contributed by atoms with Gasteiger partial charge in [0.2, 0.25) is 0 Å². The Kier molecular flexibility index (Phi) is 8.93. The van der Waals surface area contributed by atoms with Crippen LogP contribution in [0.4, 0.5) is 5.69 Å². The Hall–Kier alpha value is -3.72. The molecular weight excluding hydrogens is 512 g/mol. The van der Waals surface area contributed by atoms with Crippen molar-refractivity contribution in [1.29, 1.82) is 5.26 Å². The highest BCUT2D eigenvalue weighted by molar-refractivity contribution is 6.04. The van der Waals surface area contributed by atoms with Gasteiger partial charge in [-0.1, -0.05) is 18.2 Å². The molecule has 0 bridgehead atoms. The molecule has 2 heterocycles. The smallest absolute Gasteiger partial charge is 0.262 e. The zero-order chi connectivity index (χ0) is 29.1. The number of benzene rings is 2. The minimum absolute atomic E-state index is 0.214. The van der Waals surface area contributed by atoms with Crippen LogP contribution in [0.2, 0.25) is 0 Å². The SMILES string of the molecule is CCN(CC)c1ccc2cc(-c3ccc(C(C)=C(C#N)C(=O)NC4C(O)OC(CO)C(O)C4O)n3C)ccc2c1. The maximum atomic E-state index is 13.0. The van der Waals surface area contributed by atoms with Crippen LogP contribution in [0.15, 0.2) is 54.1 Å². The van der Waals surface area contributed by atoms with Gasteiger partial charge < -0.3 is 39.9 Å². The van der Waals surface area contributed by atoms with Crippen LogP contribution in [-0.4, -0.2) is 81.2 Å². The van der Waals surface area contributed by atoms with Crippen molar-refractivity contribution in [2.75, 3.05) is 24.6 Å². The summed E-state index contributed by atoms with van der Waals surface area (Å²) in [6, 6.07) is 16.9. The molecule has 0 aliphatic carbocycles. The molecule has 4 rings (SSSR count). The molecule has 5 N–H and O–H groups in total. The van der Waals surface area contributed by atoms with Crippen LogP contribution in [0.5, 0.6) is 0 Å². The number of hydrogen-bond acceptors (Lipinski definition) is 8. The minimum Gasteiger partial charge on any atom is -0.394 e. The highest BCUT2D eigenvalue weighted by atomic mass is 16.6. The van der Waals surface area contributed by atoms with Crippen LogP contribution < -0.4 is 10.2 Å². The van der Waals surface area contributed by atoms with Gasteiger partial charge in [-0.05, 0) is 73.0 Å². The molecule has 5 unspecified atom stereocenters. The van der Waals surface area contributed by atoms with Crippen LogP contribution in [0.1, 0.15) is 26.5 Å². The summed E-state index contributed by atoms with van der Waals surface area (Å²) in [7, 11) is 1.85. The molecule has 40 heavy (non-hydrogen) atoms. The van der Waals surface area contributed by atoms with Crippen molar-refractivity contribution in [3.05, 3.63) is 59.8 Å². The van der Waals surface area contributed by atoms with Crippen molar-refractivity contribution in [3.63, 3.8) is 0 Å². The zero-order valence-corrected chi connectivity index (χ0v) is 23.1. The fraction of sp³-hybridized carbons (Fsp3) is 0.400. The van der Waals surface area contributed by atoms with Gasteiger partial charge in [-0.2, -0.15) is 5.26 Å². The highest BCUT2D eigenvalue weighted by Gasteiger charge is 2.44. The first kappa shape index (κ1) is 29.3. The van der Waals surface area contributed by atoms with E-state index in [0.29, 0.717) is 11.3 Å². The molecule has 3 aromatic rings. The Labute approximate surface area is 233 Å². The Morgan fingerprint density at radius 3 is 2.38 bits per heavy atom. The summed E-state index contributed by atoms with van der Waals surface area (Å²) < 4.78 is 6.99. The third kappa shape index (κ3) is 5.47. The summed E-state index contributed by atoms with van der Waals surface area (Å²) in [5.74, 6) is -0.834. The molecule has 1 aliphatic rings. The topological polar surface area (TPSA) is 151 Å². The van der Waals surface area contributed by atoms with E-state index in [-0.39, 0.29) is 5.57 Å². The molecule has 0 radical (unpaired) electrons. The van der Waals surface area contributed by atoms with Gasteiger partial charge >= 0.3 is 0 Å². The second-order valence-corrected chi connectivity index (χ2v) is 9.92. The standard InChI is InChI=1S/C30H36N4O6/c1-5-34(6-2)21-10-9-18-13-20(8-7-19(18)14-21)24-12-11-23(33(24)4)17(3)22(15-31)29(38)32-26-28(37)27(36)25(16-35)40-30(26)39/h7-14,25-28,30,35-37,39H,5-6,16H2,1-4H3,(H,32,38). The summed E-state index contributed by atoms with van der Waals surface area (Å²) in [6.07, 6.45) is -6.03. The van der Waals surface area contributed by atoms with Crippen molar-refractivity contribution in [3.8, 4) is 17.3 Å². The molecule has 5 atom stereocenters. The van der Waals surface area contributed by atoms with Gasteiger partial charge in [0, 0.05) is 37.2 Å². The Morgan fingerprint density at radius 2 is 1.73 bits per heavy atom. The number of nitrogens with zero attached hydrogens (tertiary/aromatic N) is 3. The first-order chi connectivity index (χ1) is 19.1. The minimum atomic E-state index is -1.68. The number of amides is 1. The molecule has 1 saturated heterocycles. The first-order valence-electron chi connectivity index (χ1n) is 13.3. The number of anilines is 1. The third-order valence-corrected chi connectivity index (χ3v) is 7.67. The lowest BCUT2D eigenvalue weighted by atomic mass is 9.96. The number of carbonyl (C=O) groups is 1. The van der Waals surface area contributed by atoms with Crippen LogP contribution in [0.25, 0.3) is 27.6 Å². The second-order valence-electron chi connectivity index (χ2n) is 9.92. The van der Waals surface area contributed by atoms with Crippen molar-refractivity contribution >= 4 is 27.9 Å². The van der Waals surface area contributed by atoms with Crippen molar-refractivity contribution < 1.29 is 30.0 Å². The number of hydrogen-bond donors (Lipinski definition) is 5. The maximum Gasteiger partial charge on any atom is 0.262 e. The Balaban J connectivity index is 1.60. The van der Waals surface area contributed by atoms with Gasteiger partial charge in [0.05, 0.1) is 6.61 Å². The number of aliphatic hydroxyl groups excluding tert-OH is 4. The van der Waals surface area contributed by atoms with Crippen LogP contribution in [0, 0.1) is 11.3 Å². The lowest BCUT2D eigenvalue weighted by molar-refractivity contribution is -0.253. The van der Waals surface area contributed by atoms with Gasteiger partial charge in [-0.25, -0.2) is 0 Å². The highest BCUT2D eigenvalue weighted by Crippen LogP contribution is 2.31. The van der Waals surface area contributed by atoms with E-state index >= 15 is 0 Å². The summed E-state index contributed by atoms with van der Waals surface area (Å²) in [6.45, 7) is 7.16. The fourth-order valence-electron chi connectivity index (χ4n) is 5.27. The number of nitrogens with one attached hydrogen (secondary N) is 1. The number of nitriles is 1. The molecule has 10 nitrogen and oxygen atoms in total. The van der Waals surface area contributed by atoms with Crippen LogP contribution in [-0.2, 0) is 16.6 Å². The molecule has 1 amide bonds. The van der Waals surface area contributed by atoms with E-state index in [4.69, 9.17) is 4.74 Å². The molecule has 212 valence electrons. The maximum absolute atomic E-state index is 13.0. The van der Waals surface area contributed by atoms with E-state index in [2.05, 4.69) is 54.4 Å². The van der Waals surface area contributed by atoms with Gasteiger partial charge in [0.1, 0.15) is 36.0 Å². The van der Waals surface area contributed by atoms with Gasteiger partial charge in [-0.3, -0.25) is 4.79 Å². The quantitative estimate of drug-likeness (QED) is 0.212. The predicted molar refractivity (Wildman–Crippen MR) is 152 cm³/mol. The van der Waals surface area contributed by atoms with Gasteiger partial charge in [-0.15, -0.1) is 0 Å². The number of allylic oxidation sites excluding steroid dienone is 1. The average molecular weight is 549 g/mol. The summed E-state index contributed by atoms with van der Waals surface area (Å²) >= 11 is 0. The van der Waals surface area contributed by atoms with Crippen molar-refractivity contribution in [2.45, 2.75) is 51.4 Å². The van der Waals surface area contributed by atoms with E-state index in [0.717, 1.165) is 35.1 Å². The van der Waals surface area contributed by atoms with E-state index in [9.17, 15) is 30.5 Å². The van der Waals surface area contributed by atoms with Crippen LogP contribution in [0.3, 0.4) is 0 Å². The zero-order valence-electron chi connectivity index (χ0n) is 23.1. The second kappa shape index (κ2) is 12.2. The molecule has 1 aliphatic heterocycles. The van der Waals surface area contributed by atoms with E-state index in [1.807, 2.05) is 35.9 Å². The monoisotopic (exact) mass is 548 g/mol. The fourth-order valence-corrected chi connectivity index (χ4v) is 5.27. The van der Waals surface area contributed by atoms with Crippen molar-refractivity contribution in [2.24, 2.45) is 7.05 Å². The lowest BCUT2D eigenvalue weighted by Gasteiger charge is -2.40. The Morgan fingerprint density at radius 1 is 1.05 bits per heavy atom. The lowest BCUT2D eigenvalue weighted by Crippen LogP contribution is -2.64. The number of aliphatic hydroxyl groups is 4. The van der Waals surface area contributed by atoms with E-state index in [1.165, 1.54) is 5.69 Å². The number of aromatic nitrogens is 1. The normalized spacial score (nSPS) is 23.4. The Bertz CT molecular complexity index is 1450. The van der Waals surface area contributed by atoms with Crippen LogP contribution >= 0.6 is 0 Å². The van der Waals surface area contributed by atoms with Crippen molar-refractivity contribution in [1.82, 2.24) is 9.88 Å². The molecule has 10 heteroatoms.